The van der Waals surface area contributed by atoms with Crippen LogP contribution in [0.1, 0.15) is 24.4 Å². The molecule has 0 amide bonds. The summed E-state index contributed by atoms with van der Waals surface area (Å²) in [6.45, 7) is 3.80. The van der Waals surface area contributed by atoms with Crippen LogP contribution < -0.4 is 16.4 Å². The number of thioether (sulfide) groups is 1. The summed E-state index contributed by atoms with van der Waals surface area (Å²) in [5, 5.41) is 4.62. The monoisotopic (exact) mass is 505 g/mol. The molecule has 9 nitrogen and oxygen atoms in total. The molecule has 2 N–H and O–H groups in total. The van der Waals surface area contributed by atoms with Crippen LogP contribution in [0.15, 0.2) is 63.5 Å². The fourth-order valence-corrected chi connectivity index (χ4v) is 4.55. The number of hydrogen-bond acceptors (Lipinski definition) is 8. The Morgan fingerprint density at radius 3 is 2.66 bits per heavy atom. The number of rotatable bonds is 5. The number of fused-ring (bicyclic) bond motifs is 2. The predicted octanol–water partition coefficient (Wildman–Crippen LogP) is 4.27. The van der Waals surface area contributed by atoms with Gasteiger partial charge in [-0.15, -0.1) is 0 Å². The zero-order valence-electron chi connectivity index (χ0n) is 19.0. The molecule has 0 saturated heterocycles. The minimum Gasteiger partial charge on any atom is -0.360 e. The molecule has 0 spiro atoms. The van der Waals surface area contributed by atoms with Crippen LogP contribution in [0.3, 0.4) is 0 Å². The highest BCUT2D eigenvalue weighted by molar-refractivity contribution is 7.98. The van der Waals surface area contributed by atoms with Gasteiger partial charge in [0.15, 0.2) is 10.8 Å². The second kappa shape index (κ2) is 9.12. The molecule has 3 heterocycles. The number of nitrogens with one attached hydrogen (secondary N) is 2. The number of aryl methyl sites for hydroxylation is 1. The highest BCUT2D eigenvalue weighted by Crippen LogP contribution is 2.27. The zero-order valence-corrected chi connectivity index (χ0v) is 20.6. The third-order valence-corrected chi connectivity index (χ3v) is 6.40. The fraction of sp³-hybridized carbons (Fsp3) is 0.167. The van der Waals surface area contributed by atoms with E-state index in [1.807, 2.05) is 44.4 Å². The summed E-state index contributed by atoms with van der Waals surface area (Å²) in [5.41, 5.74) is 1.75. The minimum atomic E-state index is -0.529. The summed E-state index contributed by atoms with van der Waals surface area (Å²) in [6.07, 6.45) is 3.14. The number of hydrogen-bond donors (Lipinski definition) is 2. The molecule has 5 rings (SSSR count). The summed E-state index contributed by atoms with van der Waals surface area (Å²) in [5.74, 6) is 0.741. The maximum absolute atomic E-state index is 13.7. The second-order valence-electron chi connectivity index (χ2n) is 7.94. The molecule has 0 unspecified atom stereocenters. The summed E-state index contributed by atoms with van der Waals surface area (Å²) >= 11 is 7.73. The molecule has 35 heavy (non-hydrogen) atoms. The molecule has 11 heteroatoms. The van der Waals surface area contributed by atoms with Gasteiger partial charge in [-0.3, -0.25) is 14.2 Å². The molecule has 0 aliphatic rings. The average Bonchev–Trinajstić information content (AvgIpc) is 2.83. The van der Waals surface area contributed by atoms with Gasteiger partial charge in [-0.2, -0.15) is 0 Å². The van der Waals surface area contributed by atoms with Crippen LogP contribution in [0.5, 0.6) is 0 Å². The number of benzene rings is 2. The number of aromatic nitrogens is 6. The van der Waals surface area contributed by atoms with E-state index in [0.29, 0.717) is 38.4 Å². The number of aromatic amines is 1. The van der Waals surface area contributed by atoms with Gasteiger partial charge in [-0.05, 0) is 49.9 Å². The summed E-state index contributed by atoms with van der Waals surface area (Å²) in [6, 6.07) is 12.2. The van der Waals surface area contributed by atoms with Gasteiger partial charge in [0.1, 0.15) is 17.0 Å². The van der Waals surface area contributed by atoms with E-state index in [9.17, 15) is 9.59 Å². The highest BCUT2D eigenvalue weighted by Gasteiger charge is 2.22. The molecule has 0 radical (unpaired) electrons. The van der Waals surface area contributed by atoms with Gasteiger partial charge in [-0.25, -0.2) is 19.9 Å². The molecule has 176 valence electrons. The third-order valence-electron chi connectivity index (χ3n) is 5.53. The van der Waals surface area contributed by atoms with Crippen molar-refractivity contribution in [3.8, 4) is 5.69 Å². The van der Waals surface area contributed by atoms with Crippen molar-refractivity contribution in [2.24, 2.45) is 0 Å². The SMILES string of the molecule is CSc1nc(N[C@@H](C)c2nc3cccc(Cl)c3c(=O)n2-c2cccc(C)c2)c2c(=O)[nH]cnc2n1. The normalized spacial score (nSPS) is 12.2. The van der Waals surface area contributed by atoms with Crippen molar-refractivity contribution in [2.75, 3.05) is 11.6 Å². The van der Waals surface area contributed by atoms with E-state index in [0.717, 1.165) is 5.56 Å². The Morgan fingerprint density at radius 1 is 1.09 bits per heavy atom. The molecule has 3 aromatic heterocycles. The molecular weight excluding hydrogens is 486 g/mol. The Hall–Kier alpha value is -3.76. The number of nitrogens with zero attached hydrogens (tertiary/aromatic N) is 5. The van der Waals surface area contributed by atoms with E-state index < -0.39 is 6.04 Å². The first-order valence-corrected chi connectivity index (χ1v) is 12.3. The van der Waals surface area contributed by atoms with Gasteiger partial charge in [0, 0.05) is 0 Å². The number of anilines is 1. The predicted molar refractivity (Wildman–Crippen MR) is 139 cm³/mol. The Morgan fingerprint density at radius 2 is 1.89 bits per heavy atom. The Kier molecular flexibility index (Phi) is 6.00. The van der Waals surface area contributed by atoms with Crippen LogP contribution >= 0.6 is 23.4 Å². The summed E-state index contributed by atoms with van der Waals surface area (Å²) in [4.78, 5) is 46.7. The lowest BCUT2D eigenvalue weighted by molar-refractivity contribution is 0.729. The van der Waals surface area contributed by atoms with Crippen LogP contribution in [0.2, 0.25) is 5.02 Å². The van der Waals surface area contributed by atoms with E-state index in [1.54, 1.807) is 22.8 Å². The van der Waals surface area contributed by atoms with Crippen molar-refractivity contribution in [2.45, 2.75) is 25.0 Å². The molecular formula is C24H20ClN7O2S. The lowest BCUT2D eigenvalue weighted by atomic mass is 10.1. The van der Waals surface area contributed by atoms with Crippen molar-refractivity contribution >= 4 is 51.1 Å². The quantitative estimate of drug-likeness (QED) is 0.268. The van der Waals surface area contributed by atoms with Crippen molar-refractivity contribution < 1.29 is 0 Å². The molecule has 2 aromatic carbocycles. The standard InChI is InChI=1S/C24H20ClN7O2S/c1-12-6-4-7-14(10-12)32-21(29-16-9-5-8-15(25)17(16)23(32)34)13(2)28-20-18-19(26-11-27-22(18)33)30-24(31-20)35-3/h4-11,13H,1-3H3,(H2,26,27,28,30,31,33)/t13-/m0/s1. The molecule has 0 fully saturated rings. The molecule has 0 saturated carbocycles. The van der Waals surface area contributed by atoms with Crippen molar-refractivity contribution in [3.63, 3.8) is 0 Å². The topological polar surface area (TPSA) is 118 Å². The van der Waals surface area contributed by atoms with E-state index in [1.165, 1.54) is 18.1 Å². The van der Waals surface area contributed by atoms with E-state index in [-0.39, 0.29) is 22.2 Å². The molecule has 1 atom stereocenters. The lowest BCUT2D eigenvalue weighted by Crippen LogP contribution is -2.28. The van der Waals surface area contributed by atoms with E-state index in [2.05, 4.69) is 25.3 Å². The third kappa shape index (κ3) is 4.15. The minimum absolute atomic E-state index is 0.227. The van der Waals surface area contributed by atoms with E-state index in [4.69, 9.17) is 16.6 Å². The molecule has 0 aliphatic heterocycles. The molecule has 0 aliphatic carbocycles. The van der Waals surface area contributed by atoms with Gasteiger partial charge in [-0.1, -0.05) is 41.6 Å². The average molecular weight is 506 g/mol. The molecule has 5 aromatic rings. The van der Waals surface area contributed by atoms with Gasteiger partial charge < -0.3 is 10.3 Å². The van der Waals surface area contributed by atoms with Crippen LogP contribution in [-0.4, -0.2) is 35.7 Å². The highest BCUT2D eigenvalue weighted by atomic mass is 35.5. The Labute approximate surface area is 208 Å². The van der Waals surface area contributed by atoms with Crippen LogP contribution in [0.25, 0.3) is 27.6 Å². The van der Waals surface area contributed by atoms with E-state index >= 15 is 0 Å². The first-order chi connectivity index (χ1) is 16.9. The maximum Gasteiger partial charge on any atom is 0.267 e. The first kappa shape index (κ1) is 23.0. The van der Waals surface area contributed by atoms with Gasteiger partial charge in [0.05, 0.1) is 34.0 Å². The lowest BCUT2D eigenvalue weighted by Gasteiger charge is -2.21. The zero-order chi connectivity index (χ0) is 24.7. The summed E-state index contributed by atoms with van der Waals surface area (Å²) < 4.78 is 1.54. The number of H-pyrrole nitrogens is 1. The fourth-order valence-electron chi connectivity index (χ4n) is 3.93. The van der Waals surface area contributed by atoms with Crippen LogP contribution in [-0.2, 0) is 0 Å². The van der Waals surface area contributed by atoms with Crippen LogP contribution in [0.4, 0.5) is 5.82 Å². The maximum atomic E-state index is 13.7. The Bertz CT molecular complexity index is 1720. The molecule has 0 bridgehead atoms. The first-order valence-electron chi connectivity index (χ1n) is 10.7. The number of halogens is 1. The van der Waals surface area contributed by atoms with Crippen LogP contribution in [0, 0.1) is 6.92 Å². The van der Waals surface area contributed by atoms with Gasteiger partial charge in [0.2, 0.25) is 0 Å². The van der Waals surface area contributed by atoms with Crippen molar-refractivity contribution in [1.82, 2.24) is 29.5 Å². The largest absolute Gasteiger partial charge is 0.360 e. The summed E-state index contributed by atoms with van der Waals surface area (Å²) in [7, 11) is 0. The van der Waals surface area contributed by atoms with Gasteiger partial charge >= 0.3 is 0 Å². The van der Waals surface area contributed by atoms with Crippen molar-refractivity contribution in [1.29, 1.82) is 0 Å². The van der Waals surface area contributed by atoms with Gasteiger partial charge in [0.25, 0.3) is 11.1 Å². The smallest absolute Gasteiger partial charge is 0.267 e. The van der Waals surface area contributed by atoms with Crippen molar-refractivity contribution in [3.05, 3.63) is 85.9 Å². The second-order valence-corrected chi connectivity index (χ2v) is 9.12. The Balaban J connectivity index is 1.74.